The average Bonchev–Trinajstić information content (AvgIpc) is 3.00. The van der Waals surface area contributed by atoms with Crippen molar-refractivity contribution in [3.63, 3.8) is 0 Å². The van der Waals surface area contributed by atoms with Crippen molar-refractivity contribution in [1.82, 2.24) is 4.40 Å². The molecule has 12 nitrogen and oxygen atoms in total. The van der Waals surface area contributed by atoms with E-state index in [4.69, 9.17) is 11.5 Å². The van der Waals surface area contributed by atoms with Gasteiger partial charge in [0.25, 0.3) is 0 Å². The Morgan fingerprint density at radius 3 is 2.52 bits per heavy atom. The first-order chi connectivity index (χ1) is 13.5. The van der Waals surface area contributed by atoms with Gasteiger partial charge in [-0.3, -0.25) is 9.00 Å². The lowest BCUT2D eigenvalue weighted by atomic mass is 10.0. The highest BCUT2D eigenvalue weighted by atomic mass is 32.2. The first-order valence-electron chi connectivity index (χ1n) is 8.05. The number of aliphatic hydroxyl groups excluding tert-OH is 1. The number of carboxylic acids is 1. The van der Waals surface area contributed by atoms with Gasteiger partial charge in [0.15, 0.2) is 0 Å². The molecule has 0 fully saturated rings. The average molecular weight is 426 g/mol. The molecule has 0 radical (unpaired) electrons. The number of nitrogens with two attached hydrogens (primary N) is 2. The molecule has 0 spiro atoms. The Bertz CT molecular complexity index is 991. The van der Waals surface area contributed by atoms with Crippen LogP contribution in [0, 0.1) is 0 Å². The van der Waals surface area contributed by atoms with Crippen molar-refractivity contribution in [3.8, 4) is 0 Å². The second-order valence-electron chi connectivity index (χ2n) is 6.30. The molecule has 2 heterocycles. The SMILES string of the molecule is C[C@](COC(N)=O)([C@@H](Nc1c(CO)cc2cc(C(N)=O)ccn12)C(=O)[O-])S(=O)[O-]. The second kappa shape index (κ2) is 8.46. The Morgan fingerprint density at radius 2 is 2.03 bits per heavy atom. The van der Waals surface area contributed by atoms with Gasteiger partial charge in [0.1, 0.15) is 12.4 Å². The number of nitrogens with one attached hydrogen (secondary N) is 1. The number of hydrogen-bond donors (Lipinski definition) is 4. The van der Waals surface area contributed by atoms with Crippen LogP contribution in [0.25, 0.3) is 5.52 Å². The second-order valence-corrected chi connectivity index (χ2v) is 7.70. The third kappa shape index (κ3) is 4.47. The number of fused-ring (bicyclic) bond motifs is 1. The summed E-state index contributed by atoms with van der Waals surface area (Å²) in [6.45, 7) is -0.384. The van der Waals surface area contributed by atoms with E-state index >= 15 is 0 Å². The van der Waals surface area contributed by atoms with Gasteiger partial charge in [0.05, 0.1) is 23.4 Å². The zero-order chi connectivity index (χ0) is 21.9. The molecule has 2 aromatic heterocycles. The number of rotatable bonds is 9. The number of amides is 2. The molecule has 1 unspecified atom stereocenters. The summed E-state index contributed by atoms with van der Waals surface area (Å²) in [5, 5.41) is 23.9. The molecule has 158 valence electrons. The molecule has 2 aromatic rings. The number of ether oxygens (including phenoxy) is 1. The van der Waals surface area contributed by atoms with Crippen LogP contribution in [-0.4, -0.2) is 53.6 Å². The summed E-state index contributed by atoms with van der Waals surface area (Å²) in [6, 6.07) is 2.31. The van der Waals surface area contributed by atoms with Gasteiger partial charge in [-0.1, -0.05) is 0 Å². The molecule has 0 aliphatic heterocycles. The molecule has 13 heteroatoms. The van der Waals surface area contributed by atoms with E-state index < -0.39 is 53.1 Å². The Balaban J connectivity index is 2.55. The molecule has 2 amide bonds. The fraction of sp³-hybridized carbons (Fsp3) is 0.312. The van der Waals surface area contributed by atoms with Crippen LogP contribution >= 0.6 is 0 Å². The van der Waals surface area contributed by atoms with Crippen LogP contribution in [-0.2, 0) is 27.2 Å². The van der Waals surface area contributed by atoms with Gasteiger partial charge in [-0.2, -0.15) is 0 Å². The predicted molar refractivity (Wildman–Crippen MR) is 97.1 cm³/mol. The minimum atomic E-state index is -3.05. The van der Waals surface area contributed by atoms with Gasteiger partial charge < -0.3 is 45.5 Å². The lowest BCUT2D eigenvalue weighted by Gasteiger charge is -2.39. The minimum Gasteiger partial charge on any atom is -0.772 e. The van der Waals surface area contributed by atoms with Crippen LogP contribution in [0.4, 0.5) is 10.6 Å². The molecule has 2 rings (SSSR count). The monoisotopic (exact) mass is 426 g/mol. The maximum Gasteiger partial charge on any atom is 0.404 e. The van der Waals surface area contributed by atoms with Crippen LogP contribution in [0.3, 0.4) is 0 Å². The quantitative estimate of drug-likeness (QED) is 0.320. The molecule has 0 saturated carbocycles. The van der Waals surface area contributed by atoms with Crippen LogP contribution in [0.5, 0.6) is 0 Å². The van der Waals surface area contributed by atoms with Crippen LogP contribution in [0.1, 0.15) is 22.8 Å². The van der Waals surface area contributed by atoms with Gasteiger partial charge in [-0.25, -0.2) is 4.79 Å². The fourth-order valence-corrected chi connectivity index (χ4v) is 3.21. The number of anilines is 1. The molecule has 29 heavy (non-hydrogen) atoms. The Labute approximate surface area is 166 Å². The number of carbonyl (C=O) groups excluding carboxylic acids is 3. The highest BCUT2D eigenvalue weighted by Crippen LogP contribution is 2.28. The third-order valence-corrected chi connectivity index (χ3v) is 5.43. The molecule has 0 aromatic carbocycles. The number of aromatic nitrogens is 1. The number of primary amides is 2. The number of nitrogens with zero attached hydrogens (tertiary/aromatic N) is 1. The van der Waals surface area contributed by atoms with Crippen molar-refractivity contribution in [3.05, 3.63) is 35.5 Å². The lowest BCUT2D eigenvalue weighted by molar-refractivity contribution is -0.307. The molecule has 0 bridgehead atoms. The highest BCUT2D eigenvalue weighted by molar-refractivity contribution is 7.80. The van der Waals surface area contributed by atoms with E-state index in [2.05, 4.69) is 10.1 Å². The van der Waals surface area contributed by atoms with Gasteiger partial charge in [-0.05, 0) is 36.2 Å². The third-order valence-electron chi connectivity index (χ3n) is 4.32. The minimum absolute atomic E-state index is 0.0310. The lowest BCUT2D eigenvalue weighted by Crippen LogP contribution is -2.59. The van der Waals surface area contributed by atoms with E-state index in [9.17, 15) is 33.4 Å². The Morgan fingerprint density at radius 1 is 1.38 bits per heavy atom. The van der Waals surface area contributed by atoms with E-state index in [0.29, 0.717) is 5.52 Å². The van der Waals surface area contributed by atoms with Crippen LogP contribution in [0.2, 0.25) is 0 Å². The Hall–Kier alpha value is -3.16. The molecular formula is C16H18N4O8S-2. The number of pyridine rings is 1. The molecule has 0 aliphatic rings. The maximum atomic E-state index is 11.8. The van der Waals surface area contributed by atoms with Crippen molar-refractivity contribution < 1.29 is 38.1 Å². The number of carboxylic acid groups (broad SMARTS) is 1. The summed E-state index contributed by atoms with van der Waals surface area (Å²) in [4.78, 5) is 34.0. The van der Waals surface area contributed by atoms with Crippen molar-refractivity contribution >= 4 is 40.4 Å². The maximum absolute atomic E-state index is 11.8. The fourth-order valence-electron chi connectivity index (χ4n) is 2.71. The van der Waals surface area contributed by atoms with E-state index in [-0.39, 0.29) is 16.9 Å². The van der Waals surface area contributed by atoms with Crippen LogP contribution < -0.4 is 21.9 Å². The first kappa shape index (κ1) is 22.1. The summed E-state index contributed by atoms with van der Waals surface area (Å²) < 4.78 is 27.3. The molecular weight excluding hydrogens is 408 g/mol. The van der Waals surface area contributed by atoms with Gasteiger partial charge in [-0.15, -0.1) is 0 Å². The smallest absolute Gasteiger partial charge is 0.404 e. The van der Waals surface area contributed by atoms with E-state index in [1.54, 1.807) is 0 Å². The largest absolute Gasteiger partial charge is 0.772 e. The van der Waals surface area contributed by atoms with Gasteiger partial charge >= 0.3 is 6.09 Å². The summed E-state index contributed by atoms with van der Waals surface area (Å²) >= 11 is -3.05. The van der Waals surface area contributed by atoms with E-state index in [1.807, 2.05) is 0 Å². The number of hydrogen-bond acceptors (Lipinski definition) is 9. The first-order valence-corrected chi connectivity index (χ1v) is 9.12. The van der Waals surface area contributed by atoms with Crippen molar-refractivity contribution in [1.29, 1.82) is 0 Å². The van der Waals surface area contributed by atoms with Gasteiger partial charge in [0, 0.05) is 22.8 Å². The molecule has 3 atom stereocenters. The van der Waals surface area contributed by atoms with Crippen molar-refractivity contribution in [2.24, 2.45) is 11.5 Å². The summed E-state index contributed by atoms with van der Waals surface area (Å²) in [7, 11) is 0. The number of aliphatic carboxylic acids is 1. The van der Waals surface area contributed by atoms with E-state index in [0.717, 1.165) is 6.92 Å². The summed E-state index contributed by atoms with van der Waals surface area (Å²) in [5.41, 5.74) is 10.8. The van der Waals surface area contributed by atoms with Gasteiger partial charge in [0.2, 0.25) is 5.91 Å². The van der Waals surface area contributed by atoms with Crippen LogP contribution in [0.15, 0.2) is 24.4 Å². The Kier molecular flexibility index (Phi) is 6.46. The zero-order valence-electron chi connectivity index (χ0n) is 15.1. The standard InChI is InChI=1S/C16H20N4O8S/c1-16(29(26)27,7-28-15(18)25)11(14(23)24)19-13-9(6-21)5-10-4-8(12(17)22)2-3-20(10)13/h2-5,11,19,21H,6-7H2,1H3,(H2,17,22)(H2,18,25)(H,23,24)(H,26,27)/p-2/t11-,16-/m0/s1. The van der Waals surface area contributed by atoms with Crippen molar-refractivity contribution in [2.45, 2.75) is 24.3 Å². The molecule has 0 saturated heterocycles. The van der Waals surface area contributed by atoms with Crippen molar-refractivity contribution in [2.75, 3.05) is 11.9 Å². The zero-order valence-corrected chi connectivity index (χ0v) is 15.9. The number of carbonyl (C=O) groups is 3. The predicted octanol–water partition coefficient (Wildman–Crippen LogP) is -2.21. The highest BCUT2D eigenvalue weighted by Gasteiger charge is 2.39. The molecule has 0 aliphatic carbocycles. The summed E-state index contributed by atoms with van der Waals surface area (Å²) in [5.74, 6) is -2.47. The van der Waals surface area contributed by atoms with E-state index in [1.165, 1.54) is 28.8 Å². The number of aliphatic hydroxyl groups is 1. The molecule has 6 N–H and O–H groups in total. The normalized spacial score (nSPS) is 15.3. The topological polar surface area (TPSA) is 212 Å². The summed E-state index contributed by atoms with van der Waals surface area (Å²) in [6.07, 6.45) is 0.0937.